The second kappa shape index (κ2) is 6.00. The number of rotatable bonds is 2. The molecule has 0 saturated heterocycles. The lowest BCUT2D eigenvalue weighted by molar-refractivity contribution is -0.115. The van der Waals surface area contributed by atoms with Crippen molar-refractivity contribution in [2.75, 3.05) is 10.6 Å². The molecule has 2 aromatic carbocycles. The van der Waals surface area contributed by atoms with E-state index < -0.39 is 17.5 Å². The Hall–Kier alpha value is -2.41. The molecule has 4 nitrogen and oxygen atoms in total. The van der Waals surface area contributed by atoms with Gasteiger partial charge in [0.1, 0.15) is 11.6 Å². The quantitative estimate of drug-likeness (QED) is 0.881. The molecule has 3 rings (SSSR count). The van der Waals surface area contributed by atoms with Crippen LogP contribution >= 0.6 is 11.8 Å². The van der Waals surface area contributed by atoms with Crippen molar-refractivity contribution in [2.24, 2.45) is 0 Å². The van der Waals surface area contributed by atoms with Crippen LogP contribution in [0.2, 0.25) is 0 Å². The molecule has 0 fully saturated rings. The smallest absolute Gasteiger partial charge is 0.255 e. The van der Waals surface area contributed by atoms with Crippen LogP contribution in [0.25, 0.3) is 0 Å². The number of nitrogens with one attached hydrogen (secondary N) is 2. The summed E-state index contributed by atoms with van der Waals surface area (Å²) >= 11 is 1.40. The Labute approximate surface area is 135 Å². The Bertz CT molecular complexity index is 811. The number of anilines is 2. The number of fused-ring (bicyclic) bond motifs is 1. The second-order valence-corrected chi connectivity index (χ2v) is 6.42. The Kier molecular flexibility index (Phi) is 4.04. The van der Waals surface area contributed by atoms with E-state index >= 15 is 0 Å². The van der Waals surface area contributed by atoms with Gasteiger partial charge in [-0.15, -0.1) is 11.8 Å². The molecule has 23 heavy (non-hydrogen) atoms. The maximum Gasteiger partial charge on any atom is 0.255 e. The fourth-order valence-corrected chi connectivity index (χ4v) is 3.07. The lowest BCUT2D eigenvalue weighted by atomic mass is 10.1. The minimum absolute atomic E-state index is 0.142. The predicted molar refractivity (Wildman–Crippen MR) is 84.7 cm³/mol. The van der Waals surface area contributed by atoms with Crippen molar-refractivity contribution in [3.05, 3.63) is 53.6 Å². The van der Waals surface area contributed by atoms with Crippen LogP contribution in [0.5, 0.6) is 0 Å². The van der Waals surface area contributed by atoms with Crippen molar-refractivity contribution < 1.29 is 18.4 Å². The molecule has 0 bridgehead atoms. The second-order valence-electron chi connectivity index (χ2n) is 5.04. The lowest BCUT2D eigenvalue weighted by Gasteiger charge is -2.21. The van der Waals surface area contributed by atoms with Crippen LogP contribution in [0.4, 0.5) is 20.2 Å². The summed E-state index contributed by atoms with van der Waals surface area (Å²) in [5.74, 6) is -2.11. The molecule has 0 spiro atoms. The number of hydrogen-bond acceptors (Lipinski definition) is 3. The van der Waals surface area contributed by atoms with E-state index in [1.165, 1.54) is 17.8 Å². The largest absolute Gasteiger partial charge is 0.324 e. The molecule has 1 atom stereocenters. The minimum atomic E-state index is -0.726. The summed E-state index contributed by atoms with van der Waals surface area (Å²) in [5.41, 5.74) is 0.535. The van der Waals surface area contributed by atoms with Gasteiger partial charge in [-0.25, -0.2) is 8.78 Å². The average molecular weight is 334 g/mol. The summed E-state index contributed by atoms with van der Waals surface area (Å²) in [7, 11) is 0. The first-order valence-electron chi connectivity index (χ1n) is 6.82. The maximum absolute atomic E-state index is 13.6. The molecule has 118 valence electrons. The lowest BCUT2D eigenvalue weighted by Crippen LogP contribution is -2.26. The van der Waals surface area contributed by atoms with Crippen LogP contribution < -0.4 is 10.6 Å². The molecule has 0 aromatic heterocycles. The molecular weight excluding hydrogens is 322 g/mol. The Morgan fingerprint density at radius 3 is 2.78 bits per heavy atom. The summed E-state index contributed by atoms with van der Waals surface area (Å²) in [6.07, 6.45) is 0. The van der Waals surface area contributed by atoms with Gasteiger partial charge in [0, 0.05) is 16.5 Å². The van der Waals surface area contributed by atoms with E-state index in [-0.39, 0.29) is 22.4 Å². The van der Waals surface area contributed by atoms with Crippen molar-refractivity contribution in [1.29, 1.82) is 0 Å². The number of hydrogen-bond donors (Lipinski definition) is 2. The van der Waals surface area contributed by atoms with Gasteiger partial charge in [0.25, 0.3) is 5.91 Å². The third kappa shape index (κ3) is 3.19. The number of amides is 2. The molecule has 2 amide bonds. The summed E-state index contributed by atoms with van der Waals surface area (Å²) in [6.45, 7) is 1.79. The van der Waals surface area contributed by atoms with Crippen LogP contribution in [0, 0.1) is 11.6 Å². The predicted octanol–water partition coefficient (Wildman–Crippen LogP) is 3.65. The molecule has 1 unspecified atom stereocenters. The molecule has 7 heteroatoms. The van der Waals surface area contributed by atoms with E-state index in [9.17, 15) is 18.4 Å². The first-order valence-corrected chi connectivity index (χ1v) is 7.70. The molecule has 0 saturated carbocycles. The Balaban J connectivity index is 1.85. The van der Waals surface area contributed by atoms with Gasteiger partial charge in [-0.1, -0.05) is 0 Å². The van der Waals surface area contributed by atoms with Gasteiger partial charge >= 0.3 is 0 Å². The molecule has 1 heterocycles. The average Bonchev–Trinajstić information content (AvgIpc) is 2.51. The van der Waals surface area contributed by atoms with Crippen LogP contribution in [-0.4, -0.2) is 17.1 Å². The third-order valence-corrected chi connectivity index (χ3v) is 4.53. The third-order valence-electron chi connectivity index (χ3n) is 3.35. The topological polar surface area (TPSA) is 58.2 Å². The highest BCUT2D eigenvalue weighted by molar-refractivity contribution is 8.00. The summed E-state index contributed by atoms with van der Waals surface area (Å²) in [6, 6.07) is 7.62. The normalized spacial score (nSPS) is 16.5. The van der Waals surface area contributed by atoms with E-state index in [0.29, 0.717) is 5.69 Å². The van der Waals surface area contributed by atoms with Crippen molar-refractivity contribution in [2.45, 2.75) is 17.1 Å². The van der Waals surface area contributed by atoms with E-state index in [2.05, 4.69) is 10.6 Å². The van der Waals surface area contributed by atoms with Crippen LogP contribution in [-0.2, 0) is 4.79 Å². The van der Waals surface area contributed by atoms with E-state index in [1.807, 2.05) is 0 Å². The van der Waals surface area contributed by atoms with E-state index in [0.717, 1.165) is 23.1 Å². The number of carbonyl (C=O) groups excluding carboxylic acids is 2. The van der Waals surface area contributed by atoms with Crippen LogP contribution in [0.15, 0.2) is 41.3 Å². The summed E-state index contributed by atoms with van der Waals surface area (Å²) in [4.78, 5) is 24.7. The SMILES string of the molecule is CC1Sc2ccc(C(=O)Nc3cc(F)ccc3F)cc2NC1=O. The van der Waals surface area contributed by atoms with Crippen LogP contribution in [0.3, 0.4) is 0 Å². The standard InChI is InChI=1S/C16H12F2N2O2S/c1-8-15(21)20-13-6-9(2-5-14(13)23-8)16(22)19-12-7-10(17)3-4-11(12)18/h2-8H,1H3,(H,19,22)(H,20,21). The van der Waals surface area contributed by atoms with Crippen molar-refractivity contribution in [3.8, 4) is 0 Å². The highest BCUT2D eigenvalue weighted by atomic mass is 32.2. The van der Waals surface area contributed by atoms with Gasteiger partial charge < -0.3 is 10.6 Å². The Morgan fingerprint density at radius 1 is 1.22 bits per heavy atom. The molecule has 1 aliphatic heterocycles. The van der Waals surface area contributed by atoms with E-state index in [1.54, 1.807) is 19.1 Å². The van der Waals surface area contributed by atoms with Crippen molar-refractivity contribution >= 4 is 35.0 Å². The zero-order valence-corrected chi connectivity index (χ0v) is 12.8. The highest BCUT2D eigenvalue weighted by Crippen LogP contribution is 2.36. The molecule has 0 radical (unpaired) electrons. The van der Waals surface area contributed by atoms with E-state index in [4.69, 9.17) is 0 Å². The maximum atomic E-state index is 13.6. The zero-order chi connectivity index (χ0) is 16.6. The highest BCUT2D eigenvalue weighted by Gasteiger charge is 2.23. The van der Waals surface area contributed by atoms with Gasteiger partial charge in [0.15, 0.2) is 0 Å². The summed E-state index contributed by atoms with van der Waals surface area (Å²) < 4.78 is 26.7. The van der Waals surface area contributed by atoms with Crippen LogP contribution in [0.1, 0.15) is 17.3 Å². The van der Waals surface area contributed by atoms with Gasteiger partial charge in [0.05, 0.1) is 16.6 Å². The molecule has 1 aliphatic rings. The Morgan fingerprint density at radius 2 is 2.00 bits per heavy atom. The monoisotopic (exact) mass is 334 g/mol. The number of thioether (sulfide) groups is 1. The van der Waals surface area contributed by atoms with Crippen molar-refractivity contribution in [3.63, 3.8) is 0 Å². The zero-order valence-electron chi connectivity index (χ0n) is 12.0. The number of benzene rings is 2. The number of carbonyl (C=O) groups is 2. The summed E-state index contributed by atoms with van der Waals surface area (Å²) in [5, 5.41) is 4.83. The number of halogens is 2. The molecular formula is C16H12F2N2O2S. The van der Waals surface area contributed by atoms with Gasteiger partial charge in [-0.2, -0.15) is 0 Å². The molecule has 0 aliphatic carbocycles. The van der Waals surface area contributed by atoms with Gasteiger partial charge in [-0.05, 0) is 37.3 Å². The first-order chi connectivity index (χ1) is 10.9. The molecule has 2 N–H and O–H groups in total. The van der Waals surface area contributed by atoms with Gasteiger partial charge in [-0.3, -0.25) is 9.59 Å². The van der Waals surface area contributed by atoms with Crippen molar-refractivity contribution in [1.82, 2.24) is 0 Å². The van der Waals surface area contributed by atoms with Gasteiger partial charge in [0.2, 0.25) is 5.91 Å². The first kappa shape index (κ1) is 15.5. The fraction of sp³-hybridized carbons (Fsp3) is 0.125. The molecule has 2 aromatic rings. The fourth-order valence-electron chi connectivity index (χ4n) is 2.14. The minimum Gasteiger partial charge on any atom is -0.324 e.